The van der Waals surface area contributed by atoms with E-state index in [-0.39, 0.29) is 5.91 Å². The van der Waals surface area contributed by atoms with Crippen LogP contribution >= 0.6 is 11.6 Å². The van der Waals surface area contributed by atoms with Crippen LogP contribution < -0.4 is 10.1 Å². The number of ether oxygens (including phenoxy) is 1. The van der Waals surface area contributed by atoms with Crippen molar-refractivity contribution in [1.82, 2.24) is 14.9 Å². The summed E-state index contributed by atoms with van der Waals surface area (Å²) in [6.07, 6.45) is 1.75. The summed E-state index contributed by atoms with van der Waals surface area (Å²) in [5, 5.41) is 3.54. The SMILES string of the molecule is COc1cccc(C)c1-n1cnc2cc(C(=O)NCc3ccccc3Cl)ccc21. The maximum Gasteiger partial charge on any atom is 0.251 e. The molecule has 3 aromatic carbocycles. The van der Waals surface area contributed by atoms with Gasteiger partial charge in [-0.25, -0.2) is 4.98 Å². The number of amides is 1. The van der Waals surface area contributed by atoms with Crippen LogP contribution in [-0.2, 0) is 6.54 Å². The van der Waals surface area contributed by atoms with E-state index in [2.05, 4.69) is 10.3 Å². The number of carbonyl (C=O) groups is 1. The van der Waals surface area contributed by atoms with Gasteiger partial charge in [0.15, 0.2) is 0 Å². The summed E-state index contributed by atoms with van der Waals surface area (Å²) in [7, 11) is 1.65. The standard InChI is InChI=1S/C23H20ClN3O2/c1-15-6-5-9-21(29-2)22(15)27-14-26-19-12-16(10-11-20(19)27)23(28)25-13-17-7-3-4-8-18(17)24/h3-12,14H,13H2,1-2H3,(H,25,28). The number of benzene rings is 3. The molecule has 0 aliphatic carbocycles. The first-order valence-corrected chi connectivity index (χ1v) is 9.59. The van der Waals surface area contributed by atoms with E-state index in [4.69, 9.17) is 16.3 Å². The second-order valence-electron chi connectivity index (χ2n) is 6.72. The summed E-state index contributed by atoms with van der Waals surface area (Å²) in [6, 6.07) is 18.9. The number of nitrogens with one attached hydrogen (secondary N) is 1. The fourth-order valence-corrected chi connectivity index (χ4v) is 3.56. The summed E-state index contributed by atoms with van der Waals surface area (Å²) < 4.78 is 7.50. The van der Waals surface area contributed by atoms with Gasteiger partial charge < -0.3 is 10.1 Å². The monoisotopic (exact) mass is 405 g/mol. The van der Waals surface area contributed by atoms with Crippen LogP contribution in [0, 0.1) is 6.92 Å². The summed E-state index contributed by atoms with van der Waals surface area (Å²) in [5.74, 6) is 0.598. The van der Waals surface area contributed by atoms with E-state index >= 15 is 0 Å². The maximum atomic E-state index is 12.6. The molecule has 1 amide bonds. The van der Waals surface area contributed by atoms with E-state index in [1.165, 1.54) is 0 Å². The number of hydrogen-bond acceptors (Lipinski definition) is 3. The van der Waals surface area contributed by atoms with Crippen molar-refractivity contribution in [1.29, 1.82) is 0 Å². The lowest BCUT2D eigenvalue weighted by atomic mass is 10.1. The Morgan fingerprint density at radius 3 is 2.76 bits per heavy atom. The Morgan fingerprint density at radius 2 is 1.97 bits per heavy atom. The lowest BCUT2D eigenvalue weighted by molar-refractivity contribution is 0.0951. The van der Waals surface area contributed by atoms with Gasteiger partial charge in [0.25, 0.3) is 5.91 Å². The zero-order valence-corrected chi connectivity index (χ0v) is 16.9. The van der Waals surface area contributed by atoms with Crippen molar-refractivity contribution < 1.29 is 9.53 Å². The van der Waals surface area contributed by atoms with Gasteiger partial charge in [-0.15, -0.1) is 0 Å². The molecule has 1 aromatic heterocycles. The van der Waals surface area contributed by atoms with Crippen molar-refractivity contribution >= 4 is 28.5 Å². The van der Waals surface area contributed by atoms with E-state index < -0.39 is 0 Å². The van der Waals surface area contributed by atoms with Crippen molar-refractivity contribution in [3.05, 3.63) is 88.7 Å². The van der Waals surface area contributed by atoms with E-state index in [1.807, 2.05) is 60.0 Å². The van der Waals surface area contributed by atoms with Crippen LogP contribution in [0.2, 0.25) is 5.02 Å². The Hall–Kier alpha value is -3.31. The van der Waals surface area contributed by atoms with Gasteiger partial charge in [-0.05, 0) is 48.4 Å². The summed E-state index contributed by atoms with van der Waals surface area (Å²) in [4.78, 5) is 17.1. The number of para-hydroxylation sites is 1. The van der Waals surface area contributed by atoms with Gasteiger partial charge in [-0.3, -0.25) is 9.36 Å². The van der Waals surface area contributed by atoms with Crippen molar-refractivity contribution in [2.45, 2.75) is 13.5 Å². The summed E-state index contributed by atoms with van der Waals surface area (Å²) >= 11 is 6.16. The average Bonchev–Trinajstić information content (AvgIpc) is 3.15. The molecule has 1 heterocycles. The molecule has 1 N–H and O–H groups in total. The molecule has 4 rings (SSSR count). The third-order valence-electron chi connectivity index (χ3n) is 4.87. The topological polar surface area (TPSA) is 56.2 Å². The van der Waals surface area contributed by atoms with Gasteiger partial charge in [0.1, 0.15) is 12.1 Å². The summed E-state index contributed by atoms with van der Waals surface area (Å²) in [5.41, 5.74) is 5.07. The predicted molar refractivity (Wildman–Crippen MR) is 115 cm³/mol. The molecule has 146 valence electrons. The largest absolute Gasteiger partial charge is 0.495 e. The van der Waals surface area contributed by atoms with Gasteiger partial charge in [0.2, 0.25) is 0 Å². The van der Waals surface area contributed by atoms with Crippen LogP contribution in [0.3, 0.4) is 0 Å². The highest BCUT2D eigenvalue weighted by atomic mass is 35.5. The van der Waals surface area contributed by atoms with E-state index in [9.17, 15) is 4.79 Å². The molecule has 4 aromatic rings. The predicted octanol–water partition coefficient (Wildman–Crippen LogP) is 4.93. The number of carbonyl (C=O) groups excluding carboxylic acids is 1. The highest BCUT2D eigenvalue weighted by Crippen LogP contribution is 2.29. The molecule has 5 nitrogen and oxygen atoms in total. The minimum Gasteiger partial charge on any atom is -0.495 e. The highest BCUT2D eigenvalue weighted by Gasteiger charge is 2.14. The number of halogens is 1. The van der Waals surface area contributed by atoms with Crippen LogP contribution in [0.4, 0.5) is 0 Å². The third kappa shape index (κ3) is 3.69. The van der Waals surface area contributed by atoms with Gasteiger partial charge in [0.05, 0.1) is 23.8 Å². The molecule has 0 saturated heterocycles. The Balaban J connectivity index is 1.62. The zero-order valence-electron chi connectivity index (χ0n) is 16.1. The van der Waals surface area contributed by atoms with Gasteiger partial charge in [-0.1, -0.05) is 41.9 Å². The molecular weight excluding hydrogens is 386 g/mol. The molecular formula is C23H20ClN3O2. The second-order valence-corrected chi connectivity index (χ2v) is 7.13. The second kappa shape index (κ2) is 7.97. The lowest BCUT2D eigenvalue weighted by Crippen LogP contribution is -2.22. The van der Waals surface area contributed by atoms with Crippen molar-refractivity contribution in [3.8, 4) is 11.4 Å². The maximum absolute atomic E-state index is 12.6. The van der Waals surface area contributed by atoms with Crippen molar-refractivity contribution in [2.24, 2.45) is 0 Å². The first-order chi connectivity index (χ1) is 14.1. The number of fused-ring (bicyclic) bond motifs is 1. The Morgan fingerprint density at radius 1 is 1.14 bits per heavy atom. The number of methoxy groups -OCH3 is 1. The first-order valence-electron chi connectivity index (χ1n) is 9.21. The normalized spacial score (nSPS) is 10.9. The van der Waals surface area contributed by atoms with Crippen LogP contribution in [0.1, 0.15) is 21.5 Å². The number of aryl methyl sites for hydroxylation is 1. The quantitative estimate of drug-likeness (QED) is 0.512. The van der Waals surface area contributed by atoms with Gasteiger partial charge >= 0.3 is 0 Å². The number of aromatic nitrogens is 2. The van der Waals surface area contributed by atoms with Crippen molar-refractivity contribution in [2.75, 3.05) is 7.11 Å². The lowest BCUT2D eigenvalue weighted by Gasteiger charge is -2.13. The van der Waals surface area contributed by atoms with Crippen LogP contribution in [0.5, 0.6) is 5.75 Å². The molecule has 0 aliphatic rings. The molecule has 0 aliphatic heterocycles. The van der Waals surface area contributed by atoms with E-state index in [0.29, 0.717) is 17.1 Å². The fourth-order valence-electron chi connectivity index (χ4n) is 3.36. The molecule has 0 fully saturated rings. The van der Waals surface area contributed by atoms with E-state index in [0.717, 1.165) is 33.6 Å². The zero-order chi connectivity index (χ0) is 20.4. The highest BCUT2D eigenvalue weighted by molar-refractivity contribution is 6.31. The van der Waals surface area contributed by atoms with Crippen LogP contribution in [-0.4, -0.2) is 22.6 Å². The molecule has 6 heteroatoms. The number of rotatable bonds is 5. The van der Waals surface area contributed by atoms with Gasteiger partial charge in [0, 0.05) is 17.1 Å². The molecule has 0 radical (unpaired) electrons. The average molecular weight is 406 g/mol. The molecule has 0 unspecified atom stereocenters. The Labute approximate surface area is 173 Å². The van der Waals surface area contributed by atoms with Crippen molar-refractivity contribution in [3.63, 3.8) is 0 Å². The number of imidazole rings is 1. The number of hydrogen-bond donors (Lipinski definition) is 1. The third-order valence-corrected chi connectivity index (χ3v) is 5.24. The Kier molecular flexibility index (Phi) is 5.23. The molecule has 0 bridgehead atoms. The summed E-state index contributed by atoms with van der Waals surface area (Å²) in [6.45, 7) is 2.39. The minimum atomic E-state index is -0.171. The van der Waals surface area contributed by atoms with Crippen LogP contribution in [0.15, 0.2) is 67.0 Å². The van der Waals surface area contributed by atoms with Gasteiger partial charge in [-0.2, -0.15) is 0 Å². The number of nitrogens with zero attached hydrogens (tertiary/aromatic N) is 2. The first kappa shape index (κ1) is 19.0. The van der Waals surface area contributed by atoms with E-state index in [1.54, 1.807) is 25.6 Å². The fraction of sp³-hybridized carbons (Fsp3) is 0.130. The molecule has 0 spiro atoms. The van der Waals surface area contributed by atoms with Crippen LogP contribution in [0.25, 0.3) is 16.7 Å². The molecule has 0 atom stereocenters. The Bertz CT molecular complexity index is 1200. The minimum absolute atomic E-state index is 0.171. The molecule has 0 saturated carbocycles. The molecule has 29 heavy (non-hydrogen) atoms. The smallest absolute Gasteiger partial charge is 0.251 e.